The summed E-state index contributed by atoms with van der Waals surface area (Å²) in [6.45, 7) is 1.79. The van der Waals surface area contributed by atoms with Gasteiger partial charge in [0.15, 0.2) is 0 Å². The van der Waals surface area contributed by atoms with Crippen molar-refractivity contribution in [3.8, 4) is 0 Å². The molecule has 1 amide bonds. The maximum atomic E-state index is 11.9. The van der Waals surface area contributed by atoms with Crippen molar-refractivity contribution in [3.05, 3.63) is 28.2 Å². The highest BCUT2D eigenvalue weighted by Crippen LogP contribution is 2.25. The van der Waals surface area contributed by atoms with Crippen molar-refractivity contribution in [2.24, 2.45) is 0 Å². The minimum Gasteiger partial charge on any atom is -0.393 e. The van der Waals surface area contributed by atoms with Crippen LogP contribution in [-0.4, -0.2) is 41.7 Å². The van der Waals surface area contributed by atoms with E-state index in [-0.39, 0.29) is 12.0 Å². The van der Waals surface area contributed by atoms with Gasteiger partial charge in [0.2, 0.25) is 5.91 Å². The molecule has 1 aliphatic heterocycles. The first kappa shape index (κ1) is 14.6. The van der Waals surface area contributed by atoms with Gasteiger partial charge >= 0.3 is 0 Å². The molecule has 2 N–H and O–H groups in total. The van der Waals surface area contributed by atoms with Crippen LogP contribution in [0.4, 0.5) is 5.69 Å². The van der Waals surface area contributed by atoms with Gasteiger partial charge in [-0.1, -0.05) is 23.2 Å². The Hall–Kier alpha value is -0.810. The second kappa shape index (κ2) is 6.57. The van der Waals surface area contributed by atoms with Crippen molar-refractivity contribution in [2.45, 2.75) is 18.9 Å². The molecular formula is C13H16Cl2N2O2. The van der Waals surface area contributed by atoms with E-state index in [0.29, 0.717) is 22.3 Å². The Bertz CT molecular complexity index is 460. The number of likely N-dealkylation sites (tertiary alicyclic amines) is 1. The molecule has 0 aromatic heterocycles. The second-order valence-electron chi connectivity index (χ2n) is 4.68. The molecule has 0 saturated carbocycles. The van der Waals surface area contributed by atoms with Crippen LogP contribution in [0.3, 0.4) is 0 Å². The summed E-state index contributed by atoms with van der Waals surface area (Å²) in [5, 5.41) is 13.1. The molecule has 0 unspecified atom stereocenters. The molecule has 2 rings (SSSR count). The summed E-state index contributed by atoms with van der Waals surface area (Å²) in [7, 11) is 0. The monoisotopic (exact) mass is 302 g/mol. The highest BCUT2D eigenvalue weighted by molar-refractivity contribution is 6.36. The van der Waals surface area contributed by atoms with Crippen LogP contribution in [-0.2, 0) is 4.79 Å². The lowest BCUT2D eigenvalue weighted by Crippen LogP contribution is -2.40. The lowest BCUT2D eigenvalue weighted by atomic mass is 10.1. The fraction of sp³-hybridized carbons (Fsp3) is 0.462. The Morgan fingerprint density at radius 2 is 2.05 bits per heavy atom. The van der Waals surface area contributed by atoms with Crippen LogP contribution >= 0.6 is 23.2 Å². The number of nitrogens with zero attached hydrogens (tertiary/aromatic N) is 1. The number of nitrogens with one attached hydrogen (secondary N) is 1. The first-order valence-electron chi connectivity index (χ1n) is 6.20. The van der Waals surface area contributed by atoms with Gasteiger partial charge in [0.05, 0.1) is 23.4 Å². The number of hydrogen-bond acceptors (Lipinski definition) is 3. The number of carbonyl (C=O) groups is 1. The Kier molecular flexibility index (Phi) is 5.05. The molecule has 19 heavy (non-hydrogen) atoms. The third-order valence-electron chi connectivity index (χ3n) is 3.13. The van der Waals surface area contributed by atoms with Gasteiger partial charge in [0.25, 0.3) is 0 Å². The summed E-state index contributed by atoms with van der Waals surface area (Å²) in [4.78, 5) is 13.9. The van der Waals surface area contributed by atoms with E-state index in [0.717, 1.165) is 25.9 Å². The van der Waals surface area contributed by atoms with Crippen molar-refractivity contribution < 1.29 is 9.90 Å². The number of anilines is 1. The molecule has 1 saturated heterocycles. The lowest BCUT2D eigenvalue weighted by molar-refractivity contribution is -0.117. The zero-order valence-electron chi connectivity index (χ0n) is 10.4. The molecule has 104 valence electrons. The van der Waals surface area contributed by atoms with Crippen molar-refractivity contribution in [2.75, 3.05) is 25.0 Å². The minimum atomic E-state index is -0.231. The molecule has 1 heterocycles. The van der Waals surface area contributed by atoms with E-state index in [1.54, 1.807) is 18.2 Å². The predicted molar refractivity (Wildman–Crippen MR) is 76.8 cm³/mol. The van der Waals surface area contributed by atoms with E-state index >= 15 is 0 Å². The van der Waals surface area contributed by atoms with E-state index in [9.17, 15) is 9.90 Å². The summed E-state index contributed by atoms with van der Waals surface area (Å²) in [6, 6.07) is 4.96. The number of amides is 1. The summed E-state index contributed by atoms with van der Waals surface area (Å²) in [5.74, 6) is -0.111. The molecule has 0 radical (unpaired) electrons. The highest BCUT2D eigenvalue weighted by atomic mass is 35.5. The van der Waals surface area contributed by atoms with Gasteiger partial charge in [-0.3, -0.25) is 9.69 Å². The van der Waals surface area contributed by atoms with E-state index < -0.39 is 0 Å². The van der Waals surface area contributed by atoms with Crippen molar-refractivity contribution in [1.29, 1.82) is 0 Å². The van der Waals surface area contributed by atoms with Gasteiger partial charge < -0.3 is 10.4 Å². The number of hydrogen-bond donors (Lipinski definition) is 2. The maximum Gasteiger partial charge on any atom is 0.238 e. The SMILES string of the molecule is O=C(CN1CCC(O)CC1)Nc1ccc(Cl)cc1Cl. The number of aliphatic hydroxyl groups excluding tert-OH is 1. The quantitative estimate of drug-likeness (QED) is 0.901. The van der Waals surface area contributed by atoms with Gasteiger partial charge in [0, 0.05) is 18.1 Å². The fourth-order valence-electron chi connectivity index (χ4n) is 2.06. The van der Waals surface area contributed by atoms with Gasteiger partial charge in [-0.25, -0.2) is 0 Å². The summed E-state index contributed by atoms with van der Waals surface area (Å²) in [6.07, 6.45) is 1.20. The van der Waals surface area contributed by atoms with Crippen LogP contribution < -0.4 is 5.32 Å². The average molecular weight is 303 g/mol. The Morgan fingerprint density at radius 1 is 1.37 bits per heavy atom. The molecule has 1 aromatic rings. The second-order valence-corrected chi connectivity index (χ2v) is 5.52. The molecule has 1 aliphatic rings. The third-order valence-corrected chi connectivity index (χ3v) is 3.68. The molecule has 0 aliphatic carbocycles. The third kappa shape index (κ3) is 4.35. The molecule has 0 bridgehead atoms. The van der Waals surface area contributed by atoms with E-state index in [2.05, 4.69) is 5.32 Å². The maximum absolute atomic E-state index is 11.9. The zero-order valence-corrected chi connectivity index (χ0v) is 11.9. The van der Waals surface area contributed by atoms with Crippen molar-refractivity contribution >= 4 is 34.8 Å². The van der Waals surface area contributed by atoms with E-state index in [4.69, 9.17) is 23.2 Å². The van der Waals surface area contributed by atoms with Crippen molar-refractivity contribution in [1.82, 2.24) is 4.90 Å². The van der Waals surface area contributed by atoms with Gasteiger partial charge in [-0.05, 0) is 31.0 Å². The Labute approximate surface area is 122 Å². The number of carbonyl (C=O) groups excluding carboxylic acids is 1. The van der Waals surface area contributed by atoms with Crippen LogP contribution in [0, 0.1) is 0 Å². The van der Waals surface area contributed by atoms with Crippen LogP contribution in [0.1, 0.15) is 12.8 Å². The van der Waals surface area contributed by atoms with Gasteiger partial charge in [0.1, 0.15) is 0 Å². The standard InChI is InChI=1S/C13H16Cl2N2O2/c14-9-1-2-12(11(15)7-9)16-13(19)8-17-5-3-10(18)4-6-17/h1-2,7,10,18H,3-6,8H2,(H,16,19). The molecule has 0 atom stereocenters. The Morgan fingerprint density at radius 3 is 2.68 bits per heavy atom. The minimum absolute atomic E-state index is 0.111. The van der Waals surface area contributed by atoms with Crippen LogP contribution in [0.15, 0.2) is 18.2 Å². The largest absolute Gasteiger partial charge is 0.393 e. The molecule has 4 nitrogen and oxygen atoms in total. The first-order valence-corrected chi connectivity index (χ1v) is 6.95. The highest BCUT2D eigenvalue weighted by Gasteiger charge is 2.19. The smallest absolute Gasteiger partial charge is 0.238 e. The number of rotatable bonds is 3. The number of aliphatic hydroxyl groups is 1. The fourth-order valence-corrected chi connectivity index (χ4v) is 2.52. The van der Waals surface area contributed by atoms with Gasteiger partial charge in [-0.15, -0.1) is 0 Å². The molecule has 6 heteroatoms. The number of piperidine rings is 1. The van der Waals surface area contributed by atoms with E-state index in [1.165, 1.54) is 0 Å². The molecular weight excluding hydrogens is 287 g/mol. The van der Waals surface area contributed by atoms with Crippen LogP contribution in [0.25, 0.3) is 0 Å². The number of benzene rings is 1. The summed E-state index contributed by atoms with van der Waals surface area (Å²) in [5.41, 5.74) is 0.563. The van der Waals surface area contributed by atoms with Crippen LogP contribution in [0.5, 0.6) is 0 Å². The normalized spacial score (nSPS) is 17.4. The van der Waals surface area contributed by atoms with Gasteiger partial charge in [-0.2, -0.15) is 0 Å². The average Bonchev–Trinajstić information content (AvgIpc) is 2.36. The molecule has 0 spiro atoms. The zero-order chi connectivity index (χ0) is 13.8. The van der Waals surface area contributed by atoms with E-state index in [1.807, 2.05) is 4.90 Å². The summed E-state index contributed by atoms with van der Waals surface area (Å²) >= 11 is 11.8. The molecule has 1 fully saturated rings. The molecule has 1 aromatic carbocycles. The number of halogens is 2. The first-order chi connectivity index (χ1) is 9.04. The van der Waals surface area contributed by atoms with Crippen LogP contribution in [0.2, 0.25) is 10.0 Å². The topological polar surface area (TPSA) is 52.6 Å². The Balaban J connectivity index is 1.87. The predicted octanol–water partition coefficient (Wildman–Crippen LogP) is 2.39. The lowest BCUT2D eigenvalue weighted by Gasteiger charge is -2.28. The summed E-state index contributed by atoms with van der Waals surface area (Å²) < 4.78 is 0. The van der Waals surface area contributed by atoms with Crippen molar-refractivity contribution in [3.63, 3.8) is 0 Å².